The first kappa shape index (κ1) is 23.2. The topological polar surface area (TPSA) is 82.3 Å². The first-order valence-electron chi connectivity index (χ1n) is 10.4. The number of nitrogens with one attached hydrogen (secondary N) is 1. The second-order valence-corrected chi connectivity index (χ2v) is 9.16. The highest BCUT2D eigenvalue weighted by molar-refractivity contribution is 7.18. The number of rotatable bonds is 5. The van der Waals surface area contributed by atoms with Gasteiger partial charge in [0.2, 0.25) is 5.91 Å². The number of aryl methyl sites for hydroxylation is 2. The predicted octanol–water partition coefficient (Wildman–Crippen LogP) is 3.14. The number of halogens is 3. The summed E-state index contributed by atoms with van der Waals surface area (Å²) >= 11 is 1.20. The van der Waals surface area contributed by atoms with E-state index in [2.05, 4.69) is 5.32 Å². The van der Waals surface area contributed by atoms with Gasteiger partial charge < -0.3 is 10.1 Å². The first-order valence-corrected chi connectivity index (χ1v) is 11.2. The number of carbonyl (C=O) groups is 1. The van der Waals surface area contributed by atoms with Crippen molar-refractivity contribution in [2.75, 3.05) is 13.2 Å². The molecule has 1 aliphatic heterocycles. The van der Waals surface area contributed by atoms with E-state index in [1.165, 1.54) is 17.4 Å². The number of fused-ring (bicyclic) bond motifs is 1. The van der Waals surface area contributed by atoms with Crippen molar-refractivity contribution in [2.24, 2.45) is 0 Å². The molecular weight excluding hydrogens is 459 g/mol. The van der Waals surface area contributed by atoms with E-state index in [9.17, 15) is 27.6 Å². The Bertz CT molecular complexity index is 1330. The van der Waals surface area contributed by atoms with Gasteiger partial charge in [0.15, 0.2) is 0 Å². The third-order valence-electron chi connectivity index (χ3n) is 5.74. The van der Waals surface area contributed by atoms with E-state index in [-0.39, 0.29) is 23.7 Å². The van der Waals surface area contributed by atoms with E-state index in [0.29, 0.717) is 28.1 Å². The third kappa shape index (κ3) is 4.47. The molecule has 0 aliphatic carbocycles. The standard InChI is InChI=1S/C22H22F3N3O4S/c1-12-13(2)33-20-18(12)19(30)28(15-6-3-5-14(9-15)22(23,24)25)21(31)27(20)11-17(29)26-10-16-7-4-8-32-16/h3,5-6,9,16H,4,7-8,10-11H2,1-2H3,(H,26,29). The number of benzene rings is 1. The maximum absolute atomic E-state index is 13.3. The van der Waals surface area contributed by atoms with E-state index >= 15 is 0 Å². The lowest BCUT2D eigenvalue weighted by Gasteiger charge is -2.15. The summed E-state index contributed by atoms with van der Waals surface area (Å²) in [4.78, 5) is 40.3. The number of thiophene rings is 1. The van der Waals surface area contributed by atoms with Crippen molar-refractivity contribution in [3.63, 3.8) is 0 Å². The van der Waals surface area contributed by atoms with Crippen molar-refractivity contribution in [3.05, 3.63) is 61.1 Å². The van der Waals surface area contributed by atoms with Crippen LogP contribution in [-0.4, -0.2) is 34.3 Å². The molecule has 1 unspecified atom stereocenters. The van der Waals surface area contributed by atoms with E-state index in [1.54, 1.807) is 13.8 Å². The SMILES string of the molecule is Cc1sc2c(c1C)c(=O)n(-c1cccc(C(F)(F)F)c1)c(=O)n2CC(=O)NCC1CCCO1. The Balaban J connectivity index is 1.82. The van der Waals surface area contributed by atoms with Gasteiger partial charge in [0.1, 0.15) is 11.4 Å². The minimum absolute atomic E-state index is 0.0871. The van der Waals surface area contributed by atoms with Crippen molar-refractivity contribution in [2.45, 2.75) is 45.5 Å². The summed E-state index contributed by atoms with van der Waals surface area (Å²) in [6.07, 6.45) is -2.99. The molecule has 7 nitrogen and oxygen atoms in total. The van der Waals surface area contributed by atoms with Gasteiger partial charge in [-0.05, 0) is 50.5 Å². The van der Waals surface area contributed by atoms with Crippen molar-refractivity contribution < 1.29 is 22.7 Å². The van der Waals surface area contributed by atoms with Gasteiger partial charge in [-0.15, -0.1) is 11.3 Å². The summed E-state index contributed by atoms with van der Waals surface area (Å²) < 4.78 is 47.0. The average Bonchev–Trinajstić information content (AvgIpc) is 3.38. The Morgan fingerprint density at radius 1 is 1.27 bits per heavy atom. The first-order chi connectivity index (χ1) is 15.6. The molecule has 176 valence electrons. The van der Waals surface area contributed by atoms with Crippen molar-refractivity contribution in [3.8, 4) is 5.69 Å². The summed E-state index contributed by atoms with van der Waals surface area (Å²) in [6.45, 7) is 4.04. The van der Waals surface area contributed by atoms with Crippen molar-refractivity contribution in [1.82, 2.24) is 14.5 Å². The van der Waals surface area contributed by atoms with Crippen LogP contribution in [0.5, 0.6) is 0 Å². The van der Waals surface area contributed by atoms with Crippen LogP contribution in [0.15, 0.2) is 33.9 Å². The second-order valence-electron chi connectivity index (χ2n) is 7.96. The fraction of sp³-hybridized carbons (Fsp3) is 0.409. The minimum atomic E-state index is -4.64. The lowest BCUT2D eigenvalue weighted by atomic mass is 10.2. The zero-order valence-corrected chi connectivity index (χ0v) is 18.8. The molecule has 1 fully saturated rings. The van der Waals surface area contributed by atoms with Crippen LogP contribution in [0.4, 0.5) is 13.2 Å². The molecule has 4 rings (SSSR count). The fourth-order valence-corrected chi connectivity index (χ4v) is 5.02. The lowest BCUT2D eigenvalue weighted by Crippen LogP contribution is -2.42. The van der Waals surface area contributed by atoms with Crippen LogP contribution >= 0.6 is 11.3 Å². The zero-order valence-electron chi connectivity index (χ0n) is 18.0. The fourth-order valence-electron chi connectivity index (χ4n) is 3.88. The molecule has 33 heavy (non-hydrogen) atoms. The van der Waals surface area contributed by atoms with Crippen molar-refractivity contribution in [1.29, 1.82) is 0 Å². The largest absolute Gasteiger partial charge is 0.416 e. The molecule has 1 saturated heterocycles. The molecule has 2 aromatic heterocycles. The highest BCUT2D eigenvalue weighted by Gasteiger charge is 2.31. The number of aromatic nitrogens is 2. The summed E-state index contributed by atoms with van der Waals surface area (Å²) in [5, 5.41) is 2.94. The quantitative estimate of drug-likeness (QED) is 0.607. The third-order valence-corrected chi connectivity index (χ3v) is 6.97. The summed E-state index contributed by atoms with van der Waals surface area (Å²) in [6, 6.07) is 4.02. The summed E-state index contributed by atoms with van der Waals surface area (Å²) in [5.74, 6) is -0.452. The molecule has 3 heterocycles. The number of nitrogens with zero attached hydrogens (tertiary/aromatic N) is 2. The zero-order chi connectivity index (χ0) is 23.9. The van der Waals surface area contributed by atoms with Crippen LogP contribution in [0, 0.1) is 13.8 Å². The maximum atomic E-state index is 13.3. The Morgan fingerprint density at radius 2 is 2.03 bits per heavy atom. The predicted molar refractivity (Wildman–Crippen MR) is 118 cm³/mol. The lowest BCUT2D eigenvalue weighted by molar-refractivity contribution is -0.137. The molecule has 0 spiro atoms. The van der Waals surface area contributed by atoms with Gasteiger partial charge in [-0.25, -0.2) is 9.36 Å². The number of amides is 1. The van der Waals surface area contributed by atoms with Gasteiger partial charge in [0.05, 0.1) is 22.7 Å². The molecule has 0 bridgehead atoms. The Morgan fingerprint density at radius 3 is 2.70 bits per heavy atom. The van der Waals surface area contributed by atoms with Crippen LogP contribution in [0.2, 0.25) is 0 Å². The van der Waals surface area contributed by atoms with Gasteiger partial charge in [-0.3, -0.25) is 14.2 Å². The van der Waals surface area contributed by atoms with Gasteiger partial charge in [0.25, 0.3) is 5.56 Å². The Labute approximate surface area is 190 Å². The number of ether oxygens (including phenoxy) is 1. The van der Waals surface area contributed by atoms with Crippen LogP contribution < -0.4 is 16.6 Å². The van der Waals surface area contributed by atoms with Gasteiger partial charge >= 0.3 is 11.9 Å². The van der Waals surface area contributed by atoms with E-state index < -0.39 is 28.9 Å². The maximum Gasteiger partial charge on any atom is 0.416 e. The van der Waals surface area contributed by atoms with E-state index in [0.717, 1.165) is 40.5 Å². The molecule has 0 saturated carbocycles. The Kier molecular flexibility index (Phi) is 6.19. The highest BCUT2D eigenvalue weighted by Crippen LogP contribution is 2.31. The Hall–Kier alpha value is -2.92. The number of hydrogen-bond donors (Lipinski definition) is 1. The van der Waals surface area contributed by atoms with Gasteiger partial charge in [-0.2, -0.15) is 13.2 Å². The van der Waals surface area contributed by atoms with Gasteiger partial charge in [-0.1, -0.05) is 6.07 Å². The molecule has 11 heteroatoms. The molecule has 1 amide bonds. The number of alkyl halides is 3. The average molecular weight is 481 g/mol. The van der Waals surface area contributed by atoms with Crippen LogP contribution in [0.3, 0.4) is 0 Å². The molecule has 1 atom stereocenters. The molecule has 0 radical (unpaired) electrons. The molecular formula is C22H22F3N3O4S. The number of hydrogen-bond acceptors (Lipinski definition) is 5. The van der Waals surface area contributed by atoms with Crippen LogP contribution in [-0.2, 0) is 22.3 Å². The molecule has 1 aliphatic rings. The summed E-state index contributed by atoms with van der Waals surface area (Å²) in [7, 11) is 0. The minimum Gasteiger partial charge on any atom is -0.376 e. The van der Waals surface area contributed by atoms with E-state index in [4.69, 9.17) is 4.74 Å². The van der Waals surface area contributed by atoms with Gasteiger partial charge in [0, 0.05) is 18.0 Å². The normalized spacial score (nSPS) is 16.5. The molecule has 3 aromatic rings. The van der Waals surface area contributed by atoms with Crippen LogP contribution in [0.1, 0.15) is 28.8 Å². The molecule has 1 N–H and O–H groups in total. The van der Waals surface area contributed by atoms with Crippen LogP contribution in [0.25, 0.3) is 15.9 Å². The van der Waals surface area contributed by atoms with E-state index in [1.807, 2.05) is 0 Å². The van der Waals surface area contributed by atoms with Crippen molar-refractivity contribution >= 4 is 27.5 Å². The smallest absolute Gasteiger partial charge is 0.376 e. The highest BCUT2D eigenvalue weighted by atomic mass is 32.1. The number of carbonyl (C=O) groups excluding carboxylic acids is 1. The summed E-state index contributed by atoms with van der Waals surface area (Å²) in [5.41, 5.74) is -2.16. The molecule has 1 aromatic carbocycles. The monoisotopic (exact) mass is 481 g/mol. The second kappa shape index (κ2) is 8.79.